The lowest BCUT2D eigenvalue weighted by atomic mass is 9.92. The molecule has 0 N–H and O–H groups in total. The third-order valence-electron chi connectivity index (χ3n) is 3.85. The van der Waals surface area contributed by atoms with Gasteiger partial charge in [-0.1, -0.05) is 61.7 Å². The van der Waals surface area contributed by atoms with Crippen LogP contribution in [0.25, 0.3) is 21.5 Å². The number of hydrogen-bond donors (Lipinski definition) is 0. The molecular weight excluding hydrogens is 272 g/mol. The fourth-order valence-electron chi connectivity index (χ4n) is 2.90. The molecule has 0 aliphatic heterocycles. The minimum Gasteiger partial charge on any atom is -0.497 e. The van der Waals surface area contributed by atoms with Gasteiger partial charge in [-0.3, -0.25) is 0 Å². The van der Waals surface area contributed by atoms with Crippen molar-refractivity contribution in [1.29, 1.82) is 0 Å². The normalized spacial score (nSPS) is 10.5. The van der Waals surface area contributed by atoms with Crippen molar-refractivity contribution in [2.45, 2.75) is 13.2 Å². The lowest BCUT2D eigenvalue weighted by molar-refractivity contribution is 0.238. The molecule has 2 nitrogen and oxygen atoms in total. The van der Waals surface area contributed by atoms with E-state index in [0.717, 1.165) is 0 Å². The molecule has 0 aromatic heterocycles. The van der Waals surface area contributed by atoms with E-state index in [2.05, 4.69) is 37.4 Å². The van der Waals surface area contributed by atoms with E-state index in [1.807, 2.05) is 24.3 Å². The van der Waals surface area contributed by atoms with Crippen molar-refractivity contribution in [3.05, 3.63) is 85.3 Å². The van der Waals surface area contributed by atoms with Crippen LogP contribution in [0.3, 0.4) is 0 Å². The summed E-state index contributed by atoms with van der Waals surface area (Å²) >= 11 is 0. The van der Waals surface area contributed by atoms with Gasteiger partial charge < -0.3 is 9.47 Å². The molecule has 0 spiro atoms. The fraction of sp³-hybridized carbons (Fsp3) is 0.100. The van der Waals surface area contributed by atoms with Crippen molar-refractivity contribution in [2.24, 2.45) is 0 Å². The summed E-state index contributed by atoms with van der Waals surface area (Å²) in [5.41, 5.74) is 2.35. The summed E-state index contributed by atoms with van der Waals surface area (Å²) in [5, 5.41) is 4.74. The van der Waals surface area contributed by atoms with Crippen LogP contribution >= 0.6 is 0 Å². The summed E-state index contributed by atoms with van der Waals surface area (Å²) in [6.45, 7) is 8.30. The first-order valence-corrected chi connectivity index (χ1v) is 7.23. The monoisotopic (exact) mass is 290 g/mol. The second-order valence-corrected chi connectivity index (χ2v) is 5.00. The summed E-state index contributed by atoms with van der Waals surface area (Å²) in [7, 11) is 0. The molecule has 3 aromatic rings. The number of rotatable bonds is 6. The molecule has 0 saturated carbocycles. The van der Waals surface area contributed by atoms with Crippen LogP contribution < -0.4 is 0 Å². The van der Waals surface area contributed by atoms with E-state index in [9.17, 15) is 0 Å². The van der Waals surface area contributed by atoms with Gasteiger partial charge in [-0.2, -0.15) is 0 Å². The van der Waals surface area contributed by atoms with Gasteiger partial charge >= 0.3 is 0 Å². The van der Waals surface area contributed by atoms with Crippen LogP contribution in [0.4, 0.5) is 0 Å². The highest BCUT2D eigenvalue weighted by Gasteiger charge is 2.13. The number of fused-ring (bicyclic) bond motifs is 2. The van der Waals surface area contributed by atoms with E-state index in [1.54, 1.807) is 0 Å². The molecule has 0 atom stereocenters. The molecule has 3 aromatic carbocycles. The fourth-order valence-corrected chi connectivity index (χ4v) is 2.90. The van der Waals surface area contributed by atoms with Crippen LogP contribution in [0.15, 0.2) is 74.2 Å². The zero-order valence-corrected chi connectivity index (χ0v) is 12.4. The van der Waals surface area contributed by atoms with Gasteiger partial charge in [0.2, 0.25) is 0 Å². The van der Waals surface area contributed by atoms with Gasteiger partial charge in [0.1, 0.15) is 13.2 Å². The first-order chi connectivity index (χ1) is 10.9. The Bertz CT molecular complexity index is 707. The van der Waals surface area contributed by atoms with Crippen LogP contribution in [0.5, 0.6) is 0 Å². The molecule has 0 fully saturated rings. The van der Waals surface area contributed by atoms with Crippen molar-refractivity contribution in [3.63, 3.8) is 0 Å². The number of hydrogen-bond acceptors (Lipinski definition) is 2. The summed E-state index contributed by atoms with van der Waals surface area (Å²) in [6.07, 6.45) is 2.97. The molecular formula is C20H18O2. The summed E-state index contributed by atoms with van der Waals surface area (Å²) < 4.78 is 10.9. The maximum atomic E-state index is 5.47. The lowest BCUT2D eigenvalue weighted by Gasteiger charge is -2.16. The Morgan fingerprint density at radius 2 is 0.955 bits per heavy atom. The maximum Gasteiger partial charge on any atom is 0.114 e. The predicted octanol–water partition coefficient (Wildman–Crippen LogP) is 5.31. The number of ether oxygens (including phenoxy) is 2. The van der Waals surface area contributed by atoms with Crippen molar-refractivity contribution in [1.82, 2.24) is 0 Å². The van der Waals surface area contributed by atoms with Crippen LogP contribution in [0, 0.1) is 0 Å². The van der Waals surface area contributed by atoms with Gasteiger partial charge in [-0.15, -0.1) is 0 Å². The first-order valence-electron chi connectivity index (χ1n) is 7.23. The molecule has 0 radical (unpaired) electrons. The molecule has 0 unspecified atom stereocenters. The molecule has 2 heteroatoms. The highest BCUT2D eigenvalue weighted by molar-refractivity contribution is 6.05. The molecule has 0 bridgehead atoms. The third kappa shape index (κ3) is 2.44. The van der Waals surface area contributed by atoms with Crippen molar-refractivity contribution in [2.75, 3.05) is 0 Å². The third-order valence-corrected chi connectivity index (χ3v) is 3.85. The zero-order chi connectivity index (χ0) is 15.4. The van der Waals surface area contributed by atoms with E-state index in [-0.39, 0.29) is 0 Å². The van der Waals surface area contributed by atoms with E-state index >= 15 is 0 Å². The van der Waals surface area contributed by atoms with Crippen molar-refractivity contribution < 1.29 is 9.47 Å². The van der Waals surface area contributed by atoms with Gasteiger partial charge in [0.05, 0.1) is 12.5 Å². The number of benzene rings is 3. The van der Waals surface area contributed by atoms with Gasteiger partial charge in [0, 0.05) is 11.1 Å². The topological polar surface area (TPSA) is 18.5 Å². The van der Waals surface area contributed by atoms with Crippen LogP contribution in [0.1, 0.15) is 11.1 Å². The summed E-state index contributed by atoms with van der Waals surface area (Å²) in [6, 6.07) is 16.7. The van der Waals surface area contributed by atoms with Gasteiger partial charge in [0.25, 0.3) is 0 Å². The van der Waals surface area contributed by atoms with Gasteiger partial charge in [0.15, 0.2) is 0 Å². The standard InChI is InChI=1S/C20H18O2/c1-3-21-13-19-15-9-5-7-11-17(15)20(14-22-4-2)18-12-8-6-10-16(18)19/h3-12H,1-2,13-14H2. The van der Waals surface area contributed by atoms with Crippen LogP contribution in [0.2, 0.25) is 0 Å². The SMILES string of the molecule is C=COCc1c2ccccc2c(COC=C)c2ccccc12. The Hall–Kier alpha value is -2.74. The molecule has 0 aliphatic carbocycles. The average Bonchev–Trinajstić information content (AvgIpc) is 2.58. The largest absolute Gasteiger partial charge is 0.497 e. The first kappa shape index (κ1) is 14.2. The Morgan fingerprint density at radius 1 is 0.636 bits per heavy atom. The maximum absolute atomic E-state index is 5.47. The molecule has 0 saturated heterocycles. The second-order valence-electron chi connectivity index (χ2n) is 5.00. The summed E-state index contributed by atoms with van der Waals surface area (Å²) in [4.78, 5) is 0. The molecule has 3 rings (SSSR count). The Morgan fingerprint density at radius 3 is 1.23 bits per heavy atom. The predicted molar refractivity (Wildman–Crippen MR) is 91.4 cm³/mol. The minimum absolute atomic E-state index is 0.507. The lowest BCUT2D eigenvalue weighted by Crippen LogP contribution is -1.97. The van der Waals surface area contributed by atoms with Crippen molar-refractivity contribution >= 4 is 21.5 Å². The second kappa shape index (κ2) is 6.35. The molecule has 22 heavy (non-hydrogen) atoms. The summed E-state index contributed by atoms with van der Waals surface area (Å²) in [5.74, 6) is 0. The average molecular weight is 290 g/mol. The smallest absolute Gasteiger partial charge is 0.114 e. The van der Waals surface area contributed by atoms with Crippen LogP contribution in [-0.4, -0.2) is 0 Å². The van der Waals surface area contributed by atoms with Gasteiger partial charge in [-0.05, 0) is 21.5 Å². The Labute approximate surface area is 130 Å². The molecule has 110 valence electrons. The minimum atomic E-state index is 0.507. The highest BCUT2D eigenvalue weighted by atomic mass is 16.5. The van der Waals surface area contributed by atoms with E-state index in [1.165, 1.54) is 45.2 Å². The van der Waals surface area contributed by atoms with E-state index < -0.39 is 0 Å². The molecule has 0 heterocycles. The molecule has 0 aliphatic rings. The Kier molecular flexibility index (Phi) is 4.10. The quantitative estimate of drug-likeness (QED) is 0.452. The zero-order valence-electron chi connectivity index (χ0n) is 12.4. The molecule has 0 amide bonds. The van der Waals surface area contributed by atoms with E-state index in [0.29, 0.717) is 13.2 Å². The van der Waals surface area contributed by atoms with Gasteiger partial charge in [-0.25, -0.2) is 0 Å². The highest BCUT2D eigenvalue weighted by Crippen LogP contribution is 2.33. The van der Waals surface area contributed by atoms with Crippen molar-refractivity contribution in [3.8, 4) is 0 Å². The van der Waals surface area contributed by atoms with Crippen LogP contribution in [-0.2, 0) is 22.7 Å². The Balaban J connectivity index is 2.36. The van der Waals surface area contributed by atoms with E-state index in [4.69, 9.17) is 9.47 Å².